The van der Waals surface area contributed by atoms with Crippen LogP contribution < -0.4 is 9.26 Å². The van der Waals surface area contributed by atoms with E-state index in [-0.39, 0.29) is 0 Å². The zero-order chi connectivity index (χ0) is 21.2. The van der Waals surface area contributed by atoms with Gasteiger partial charge >= 0.3 is 8.25 Å². The highest BCUT2D eigenvalue weighted by Crippen LogP contribution is 2.35. The summed E-state index contributed by atoms with van der Waals surface area (Å²) in [6.07, 6.45) is 18.8. The van der Waals surface area contributed by atoms with E-state index in [1.54, 1.807) is 6.07 Å². The first-order valence-corrected chi connectivity index (χ1v) is 12.7. The Bertz CT molecular complexity index is 548. The number of ether oxygens (including phenoxy) is 1. The molecule has 0 aliphatic heterocycles. The third-order valence-corrected chi connectivity index (χ3v) is 5.82. The largest absolute Gasteiger partial charge is 0.749 e. The van der Waals surface area contributed by atoms with Gasteiger partial charge in [0.1, 0.15) is 0 Å². The molecule has 0 spiro atoms. The summed E-state index contributed by atoms with van der Waals surface area (Å²) in [4.78, 5) is 0. The van der Waals surface area contributed by atoms with Crippen molar-refractivity contribution < 1.29 is 18.3 Å². The second kappa shape index (κ2) is 17.7. The lowest BCUT2D eigenvalue weighted by Crippen LogP contribution is -1.99. The van der Waals surface area contributed by atoms with Crippen LogP contribution in [0.4, 0.5) is 0 Å². The normalized spacial score (nSPS) is 11.5. The van der Waals surface area contributed by atoms with E-state index >= 15 is 0 Å². The Morgan fingerprint density at radius 2 is 1.28 bits per heavy atom. The van der Waals surface area contributed by atoms with Gasteiger partial charge in [0.05, 0.1) is 13.7 Å². The number of hydrogen-bond acceptors (Lipinski definition) is 4. The van der Waals surface area contributed by atoms with E-state index < -0.39 is 8.25 Å². The van der Waals surface area contributed by atoms with Crippen molar-refractivity contribution in [2.24, 2.45) is 0 Å². The molecule has 166 valence electrons. The maximum absolute atomic E-state index is 11.5. The first-order valence-electron chi connectivity index (χ1n) is 11.6. The Hall–Kier alpha value is -1.12. The van der Waals surface area contributed by atoms with Crippen LogP contribution in [0.2, 0.25) is 0 Å². The molecule has 0 heterocycles. The highest BCUT2D eigenvalue weighted by molar-refractivity contribution is 7.33. The lowest BCUT2D eigenvalue weighted by molar-refractivity contribution is 0.289. The maximum Gasteiger partial charge on any atom is 0.749 e. The molecule has 5 heteroatoms. The SMILES string of the molecule is CCCCCCCCCCCCCCCCOc1cc(C)ccc1O[P+](=O)OC. The molecule has 4 nitrogen and oxygen atoms in total. The lowest BCUT2D eigenvalue weighted by Gasteiger charge is -2.09. The van der Waals surface area contributed by atoms with E-state index in [1.165, 1.54) is 90.6 Å². The molecular formula is C24H42O4P+. The van der Waals surface area contributed by atoms with E-state index in [4.69, 9.17) is 13.8 Å². The van der Waals surface area contributed by atoms with Crippen molar-refractivity contribution >= 4 is 8.25 Å². The predicted octanol–water partition coefficient (Wildman–Crippen LogP) is 8.54. The van der Waals surface area contributed by atoms with Gasteiger partial charge in [-0.25, -0.2) is 4.52 Å². The van der Waals surface area contributed by atoms with Gasteiger partial charge in [0.2, 0.25) is 5.75 Å². The van der Waals surface area contributed by atoms with E-state index in [0.717, 1.165) is 12.0 Å². The zero-order valence-corrected chi connectivity index (χ0v) is 19.8. The number of aryl methyl sites for hydroxylation is 1. The van der Waals surface area contributed by atoms with Crippen LogP contribution in [0.5, 0.6) is 11.5 Å². The van der Waals surface area contributed by atoms with Gasteiger partial charge in [-0.15, -0.1) is 4.52 Å². The number of rotatable bonds is 19. The molecule has 1 unspecified atom stereocenters. The number of unbranched alkanes of at least 4 members (excludes halogenated alkanes) is 13. The molecule has 0 aromatic heterocycles. The van der Waals surface area contributed by atoms with Crippen molar-refractivity contribution in [2.45, 2.75) is 104 Å². The van der Waals surface area contributed by atoms with Gasteiger partial charge in [0.25, 0.3) is 0 Å². The van der Waals surface area contributed by atoms with Crippen molar-refractivity contribution in [3.8, 4) is 11.5 Å². The monoisotopic (exact) mass is 425 g/mol. The van der Waals surface area contributed by atoms with Crippen LogP contribution in [-0.2, 0) is 9.09 Å². The average Bonchev–Trinajstić information content (AvgIpc) is 2.72. The third kappa shape index (κ3) is 13.7. The second-order valence-electron chi connectivity index (χ2n) is 7.89. The first-order chi connectivity index (χ1) is 14.2. The van der Waals surface area contributed by atoms with Crippen LogP contribution in [0.15, 0.2) is 18.2 Å². The summed E-state index contributed by atoms with van der Waals surface area (Å²) in [6.45, 7) is 4.93. The Balaban J connectivity index is 2.01. The molecule has 0 radical (unpaired) electrons. The number of benzene rings is 1. The van der Waals surface area contributed by atoms with E-state index in [1.807, 2.05) is 19.1 Å². The molecule has 0 N–H and O–H groups in total. The summed E-state index contributed by atoms with van der Waals surface area (Å²) in [5.74, 6) is 1.11. The fourth-order valence-electron chi connectivity index (χ4n) is 3.40. The number of hydrogen-bond donors (Lipinski definition) is 0. The molecule has 1 rings (SSSR count). The van der Waals surface area contributed by atoms with Crippen molar-refractivity contribution in [3.05, 3.63) is 23.8 Å². The summed E-state index contributed by atoms with van der Waals surface area (Å²) in [5.41, 5.74) is 1.08. The first kappa shape index (κ1) is 25.9. The fourth-order valence-corrected chi connectivity index (χ4v) is 3.79. The van der Waals surface area contributed by atoms with Crippen LogP contribution in [0.1, 0.15) is 102 Å². The van der Waals surface area contributed by atoms with Gasteiger partial charge in [-0.05, 0) is 31.0 Å². The third-order valence-electron chi connectivity index (χ3n) is 5.18. The van der Waals surface area contributed by atoms with Crippen LogP contribution in [0, 0.1) is 6.92 Å². The van der Waals surface area contributed by atoms with Gasteiger partial charge in [0, 0.05) is 4.57 Å². The van der Waals surface area contributed by atoms with Gasteiger partial charge in [0.15, 0.2) is 5.75 Å². The van der Waals surface area contributed by atoms with Gasteiger partial charge in [-0.2, -0.15) is 0 Å². The minimum atomic E-state index is -2.15. The zero-order valence-electron chi connectivity index (χ0n) is 18.9. The van der Waals surface area contributed by atoms with Crippen LogP contribution in [0.3, 0.4) is 0 Å². The lowest BCUT2D eigenvalue weighted by atomic mass is 10.0. The summed E-state index contributed by atoms with van der Waals surface area (Å²) in [7, 11) is -0.786. The van der Waals surface area contributed by atoms with Gasteiger partial charge < -0.3 is 4.74 Å². The van der Waals surface area contributed by atoms with E-state index in [0.29, 0.717) is 18.1 Å². The maximum atomic E-state index is 11.5. The highest BCUT2D eigenvalue weighted by atomic mass is 31.1. The molecule has 0 saturated heterocycles. The summed E-state index contributed by atoms with van der Waals surface area (Å²) in [5, 5.41) is 0. The Morgan fingerprint density at radius 1 is 0.759 bits per heavy atom. The molecular weight excluding hydrogens is 383 g/mol. The van der Waals surface area contributed by atoms with E-state index in [9.17, 15) is 4.57 Å². The van der Waals surface area contributed by atoms with Crippen LogP contribution in [0.25, 0.3) is 0 Å². The molecule has 0 saturated carbocycles. The van der Waals surface area contributed by atoms with Crippen LogP contribution in [-0.4, -0.2) is 13.7 Å². The molecule has 0 amide bonds. The van der Waals surface area contributed by atoms with Crippen molar-refractivity contribution in [1.82, 2.24) is 0 Å². The second-order valence-corrected chi connectivity index (χ2v) is 8.89. The molecule has 1 aromatic carbocycles. The molecule has 0 bridgehead atoms. The molecule has 0 aliphatic carbocycles. The molecule has 0 aliphatic rings. The summed E-state index contributed by atoms with van der Waals surface area (Å²) in [6, 6.07) is 5.60. The fraction of sp³-hybridized carbons (Fsp3) is 0.750. The van der Waals surface area contributed by atoms with Crippen molar-refractivity contribution in [2.75, 3.05) is 13.7 Å². The molecule has 1 atom stereocenters. The summed E-state index contributed by atoms with van der Waals surface area (Å²) < 4.78 is 27.3. The van der Waals surface area contributed by atoms with Crippen LogP contribution >= 0.6 is 8.25 Å². The molecule has 29 heavy (non-hydrogen) atoms. The molecule has 1 aromatic rings. The van der Waals surface area contributed by atoms with Gasteiger partial charge in [-0.1, -0.05) is 96.5 Å². The average molecular weight is 426 g/mol. The quantitative estimate of drug-likeness (QED) is 0.164. The summed E-state index contributed by atoms with van der Waals surface area (Å²) >= 11 is 0. The van der Waals surface area contributed by atoms with Crippen molar-refractivity contribution in [3.63, 3.8) is 0 Å². The highest BCUT2D eigenvalue weighted by Gasteiger charge is 2.22. The minimum Gasteiger partial charge on any atom is -0.489 e. The Kier molecular flexibility index (Phi) is 15.8. The van der Waals surface area contributed by atoms with E-state index in [2.05, 4.69) is 6.92 Å². The topological polar surface area (TPSA) is 44.8 Å². The Labute approximate surface area is 179 Å². The van der Waals surface area contributed by atoms with Crippen molar-refractivity contribution in [1.29, 1.82) is 0 Å². The standard InChI is InChI=1S/C24H42O4P/c1-4-5-6-7-8-9-10-11-12-13-14-15-16-17-20-27-24-21-22(2)18-19-23(24)28-29(25)26-3/h18-19,21H,4-17,20H2,1-3H3/q+1. The minimum absolute atomic E-state index is 0.476. The Morgan fingerprint density at radius 3 is 1.79 bits per heavy atom. The predicted molar refractivity (Wildman–Crippen MR) is 122 cm³/mol. The molecule has 0 fully saturated rings. The van der Waals surface area contributed by atoms with Gasteiger partial charge in [-0.3, -0.25) is 0 Å². The smallest absolute Gasteiger partial charge is 0.489 e.